The highest BCUT2D eigenvalue weighted by atomic mass is 16.7. The molecule has 0 amide bonds. The second-order valence-corrected chi connectivity index (χ2v) is 1.55. The van der Waals surface area contributed by atoms with Gasteiger partial charge in [-0.15, -0.1) is 0 Å². The second-order valence-electron chi connectivity index (χ2n) is 1.55. The van der Waals surface area contributed by atoms with E-state index in [1.165, 1.54) is 6.26 Å². The Labute approximate surface area is 47.5 Å². The summed E-state index contributed by atoms with van der Waals surface area (Å²) in [6.07, 6.45) is 2.49. The number of ether oxygens (including phenoxy) is 2. The van der Waals surface area contributed by atoms with Crippen LogP contribution in [0.3, 0.4) is 0 Å². The minimum Gasteiger partial charge on any atom is -0.475 e. The van der Waals surface area contributed by atoms with Crippen molar-refractivity contribution in [1.82, 2.24) is 0 Å². The molecule has 0 bridgehead atoms. The molecule has 0 aromatic carbocycles. The summed E-state index contributed by atoms with van der Waals surface area (Å²) < 4.78 is 9.47. The Balaban J connectivity index is 2.33. The molecule has 3 heteroatoms. The predicted molar refractivity (Wildman–Crippen MR) is 27.1 cm³/mol. The molecule has 0 saturated heterocycles. The Bertz CT molecular complexity index is 89.7. The fourth-order valence-corrected chi connectivity index (χ4v) is 0.458. The van der Waals surface area contributed by atoms with Gasteiger partial charge in [0.1, 0.15) is 0 Å². The molecule has 1 atom stereocenters. The average molecular weight is 116 g/mol. The van der Waals surface area contributed by atoms with Crippen LogP contribution in [0.4, 0.5) is 0 Å². The predicted octanol–water partition coefficient (Wildman–Crippen LogP) is -0.135. The maximum atomic E-state index is 8.80. The molecule has 0 radical (unpaired) electrons. The van der Waals surface area contributed by atoms with Crippen LogP contribution in [0.2, 0.25) is 0 Å². The zero-order chi connectivity index (χ0) is 5.82. The van der Waals surface area contributed by atoms with Gasteiger partial charge in [-0.05, 0) is 6.08 Å². The smallest absolute Gasteiger partial charge is 0.188 e. The van der Waals surface area contributed by atoms with Crippen LogP contribution < -0.4 is 0 Å². The minimum absolute atomic E-state index is 0.244. The van der Waals surface area contributed by atoms with Gasteiger partial charge in [-0.1, -0.05) is 0 Å². The lowest BCUT2D eigenvalue weighted by Crippen LogP contribution is -2.09. The van der Waals surface area contributed by atoms with Crippen LogP contribution in [0.5, 0.6) is 0 Å². The van der Waals surface area contributed by atoms with Crippen molar-refractivity contribution in [2.75, 3.05) is 13.4 Å². The summed E-state index contributed by atoms with van der Waals surface area (Å²) in [6.45, 7) is 0.573. The van der Waals surface area contributed by atoms with E-state index < -0.39 is 6.10 Å². The fraction of sp³-hybridized carbons (Fsp3) is 0.600. The van der Waals surface area contributed by atoms with Crippen molar-refractivity contribution in [2.24, 2.45) is 0 Å². The van der Waals surface area contributed by atoms with Gasteiger partial charge in [0, 0.05) is 0 Å². The molecular weight excluding hydrogens is 108 g/mol. The summed E-state index contributed by atoms with van der Waals surface area (Å²) >= 11 is 0. The minimum atomic E-state index is -0.502. The Kier molecular flexibility index (Phi) is 1.88. The summed E-state index contributed by atoms with van der Waals surface area (Å²) in [5, 5.41) is 8.80. The van der Waals surface area contributed by atoms with Gasteiger partial charge >= 0.3 is 0 Å². The van der Waals surface area contributed by atoms with Crippen LogP contribution >= 0.6 is 0 Å². The zero-order valence-electron chi connectivity index (χ0n) is 4.41. The summed E-state index contributed by atoms with van der Waals surface area (Å²) in [5.41, 5.74) is 0. The van der Waals surface area contributed by atoms with E-state index in [2.05, 4.69) is 0 Å². The van der Waals surface area contributed by atoms with Gasteiger partial charge in [0.15, 0.2) is 6.79 Å². The largest absolute Gasteiger partial charge is 0.475 e. The molecule has 0 aromatic heterocycles. The van der Waals surface area contributed by atoms with Crippen LogP contribution in [0.15, 0.2) is 12.3 Å². The molecule has 46 valence electrons. The van der Waals surface area contributed by atoms with Gasteiger partial charge < -0.3 is 14.6 Å². The molecule has 0 aliphatic carbocycles. The quantitative estimate of drug-likeness (QED) is 0.479. The summed E-state index contributed by atoms with van der Waals surface area (Å²) in [5.74, 6) is 0. The first kappa shape index (κ1) is 5.59. The van der Waals surface area contributed by atoms with Crippen LogP contribution in [0.1, 0.15) is 0 Å². The highest BCUT2D eigenvalue weighted by Gasteiger charge is 2.00. The van der Waals surface area contributed by atoms with E-state index in [-0.39, 0.29) is 6.79 Å². The Hall–Kier alpha value is -0.540. The molecule has 0 saturated carbocycles. The zero-order valence-corrected chi connectivity index (χ0v) is 4.41. The molecule has 1 N–H and O–H groups in total. The van der Waals surface area contributed by atoms with E-state index in [1.54, 1.807) is 6.08 Å². The summed E-state index contributed by atoms with van der Waals surface area (Å²) in [6, 6.07) is 0. The molecule has 8 heavy (non-hydrogen) atoms. The summed E-state index contributed by atoms with van der Waals surface area (Å²) in [4.78, 5) is 0. The third kappa shape index (κ3) is 1.52. The highest BCUT2D eigenvalue weighted by molar-refractivity contribution is 4.83. The van der Waals surface area contributed by atoms with Crippen molar-refractivity contribution in [3.05, 3.63) is 12.3 Å². The molecule has 1 aliphatic heterocycles. The molecule has 3 nitrogen and oxygen atoms in total. The highest BCUT2D eigenvalue weighted by Crippen LogP contribution is 1.94. The number of aliphatic hydroxyl groups is 1. The maximum absolute atomic E-state index is 8.80. The lowest BCUT2D eigenvalue weighted by Gasteiger charge is -1.99. The molecule has 1 aliphatic rings. The Morgan fingerprint density at radius 3 is 3.38 bits per heavy atom. The molecule has 0 aromatic rings. The summed E-state index contributed by atoms with van der Waals surface area (Å²) in [7, 11) is 0. The van der Waals surface area contributed by atoms with Gasteiger partial charge in [0.25, 0.3) is 0 Å². The molecule has 0 spiro atoms. The van der Waals surface area contributed by atoms with Crippen molar-refractivity contribution in [2.45, 2.75) is 6.10 Å². The van der Waals surface area contributed by atoms with Crippen LogP contribution in [-0.2, 0) is 9.47 Å². The lowest BCUT2D eigenvalue weighted by atomic mass is 10.4. The molecule has 1 rings (SSSR count). The van der Waals surface area contributed by atoms with E-state index in [0.717, 1.165) is 0 Å². The van der Waals surface area contributed by atoms with Crippen molar-refractivity contribution < 1.29 is 14.6 Å². The first-order valence-electron chi connectivity index (χ1n) is 2.43. The van der Waals surface area contributed by atoms with Crippen molar-refractivity contribution in [3.63, 3.8) is 0 Å². The van der Waals surface area contributed by atoms with E-state index in [9.17, 15) is 0 Å². The molecule has 1 unspecified atom stereocenters. The monoisotopic (exact) mass is 116 g/mol. The number of aliphatic hydroxyl groups excluding tert-OH is 1. The third-order valence-electron chi connectivity index (χ3n) is 0.837. The molecular formula is C5H8O3. The Morgan fingerprint density at radius 1 is 1.62 bits per heavy atom. The molecule has 1 heterocycles. The van der Waals surface area contributed by atoms with Gasteiger partial charge in [-0.2, -0.15) is 0 Å². The number of rotatable bonds is 0. The SMILES string of the molecule is OC1C=COCOC1. The van der Waals surface area contributed by atoms with Gasteiger partial charge in [0.2, 0.25) is 0 Å². The standard InChI is InChI=1S/C5H8O3/c6-5-1-2-7-4-8-3-5/h1-2,5-6H,3-4H2. The van der Waals surface area contributed by atoms with E-state index in [0.29, 0.717) is 6.61 Å². The van der Waals surface area contributed by atoms with Gasteiger partial charge in [0.05, 0.1) is 19.0 Å². The van der Waals surface area contributed by atoms with Crippen molar-refractivity contribution in [3.8, 4) is 0 Å². The van der Waals surface area contributed by atoms with Crippen molar-refractivity contribution >= 4 is 0 Å². The van der Waals surface area contributed by atoms with Gasteiger partial charge in [-0.3, -0.25) is 0 Å². The first-order chi connectivity index (χ1) is 3.89. The van der Waals surface area contributed by atoms with Crippen LogP contribution in [0, 0.1) is 0 Å². The second kappa shape index (κ2) is 2.69. The lowest BCUT2D eigenvalue weighted by molar-refractivity contribution is -0.0250. The topological polar surface area (TPSA) is 38.7 Å². The first-order valence-corrected chi connectivity index (χ1v) is 2.43. The van der Waals surface area contributed by atoms with Crippen LogP contribution in [-0.4, -0.2) is 24.6 Å². The van der Waals surface area contributed by atoms with E-state index in [4.69, 9.17) is 14.6 Å². The van der Waals surface area contributed by atoms with E-state index >= 15 is 0 Å². The van der Waals surface area contributed by atoms with Gasteiger partial charge in [-0.25, -0.2) is 0 Å². The molecule has 0 fully saturated rings. The fourth-order valence-electron chi connectivity index (χ4n) is 0.458. The van der Waals surface area contributed by atoms with Crippen LogP contribution in [0.25, 0.3) is 0 Å². The van der Waals surface area contributed by atoms with Crippen molar-refractivity contribution in [1.29, 1.82) is 0 Å². The maximum Gasteiger partial charge on any atom is 0.188 e. The Morgan fingerprint density at radius 2 is 2.50 bits per heavy atom. The number of hydrogen-bond donors (Lipinski definition) is 1. The number of hydrogen-bond acceptors (Lipinski definition) is 3. The normalized spacial score (nSPS) is 28.9. The van der Waals surface area contributed by atoms with E-state index in [1.807, 2.05) is 0 Å². The third-order valence-corrected chi connectivity index (χ3v) is 0.837. The average Bonchev–Trinajstić information content (AvgIpc) is 1.94.